The van der Waals surface area contributed by atoms with Crippen molar-refractivity contribution in [2.75, 3.05) is 19.7 Å². The Hall–Kier alpha value is -2.71. The summed E-state index contributed by atoms with van der Waals surface area (Å²) in [7, 11) is -3.59. The Balaban J connectivity index is 1.55. The van der Waals surface area contributed by atoms with E-state index in [1.54, 1.807) is 48.5 Å². The minimum atomic E-state index is -3.59. The summed E-state index contributed by atoms with van der Waals surface area (Å²) < 4.78 is 33.0. The van der Waals surface area contributed by atoms with Crippen molar-refractivity contribution < 1.29 is 22.7 Å². The molecule has 0 radical (unpaired) electrons. The molecule has 1 amide bonds. The number of ether oxygens (including phenoxy) is 1. The van der Waals surface area contributed by atoms with Crippen LogP contribution < -0.4 is 10.1 Å². The molecule has 1 aliphatic rings. The van der Waals surface area contributed by atoms with Gasteiger partial charge in [-0.15, -0.1) is 0 Å². The lowest BCUT2D eigenvalue weighted by Crippen LogP contribution is -2.36. The van der Waals surface area contributed by atoms with Gasteiger partial charge >= 0.3 is 0 Å². The summed E-state index contributed by atoms with van der Waals surface area (Å²) in [6, 6.07) is 13.6. The lowest BCUT2D eigenvalue weighted by Gasteiger charge is -2.26. The molecule has 0 bridgehead atoms. The third-order valence-electron chi connectivity index (χ3n) is 5.45. The van der Waals surface area contributed by atoms with E-state index >= 15 is 0 Å². The molecular formula is C24H30N2O5S. The van der Waals surface area contributed by atoms with Crippen molar-refractivity contribution in [2.45, 2.75) is 50.5 Å². The van der Waals surface area contributed by atoms with Crippen LogP contribution in [0.1, 0.15) is 54.9 Å². The van der Waals surface area contributed by atoms with E-state index in [0.29, 0.717) is 36.6 Å². The highest BCUT2D eigenvalue weighted by Crippen LogP contribution is 2.23. The predicted molar refractivity (Wildman–Crippen MR) is 122 cm³/mol. The molecule has 2 aromatic rings. The monoisotopic (exact) mass is 458 g/mol. The Morgan fingerprint density at radius 3 is 2.34 bits per heavy atom. The molecule has 1 heterocycles. The van der Waals surface area contributed by atoms with Crippen molar-refractivity contribution in [3.05, 3.63) is 59.7 Å². The van der Waals surface area contributed by atoms with Gasteiger partial charge in [0.05, 0.1) is 11.5 Å². The second-order valence-electron chi connectivity index (χ2n) is 7.73. The van der Waals surface area contributed by atoms with E-state index in [9.17, 15) is 18.0 Å². The maximum Gasteiger partial charge on any atom is 0.243 e. The molecule has 2 aromatic carbocycles. The predicted octanol–water partition coefficient (Wildman–Crippen LogP) is 3.54. The topological polar surface area (TPSA) is 92.8 Å². The van der Waals surface area contributed by atoms with Crippen LogP contribution in [-0.4, -0.2) is 44.1 Å². The Bertz CT molecular complexity index is 1030. The van der Waals surface area contributed by atoms with Gasteiger partial charge in [-0.2, -0.15) is 4.31 Å². The zero-order chi connectivity index (χ0) is 23.0. The zero-order valence-electron chi connectivity index (χ0n) is 18.4. The third-order valence-corrected chi connectivity index (χ3v) is 7.45. The van der Waals surface area contributed by atoms with Gasteiger partial charge in [0.1, 0.15) is 5.75 Å². The first kappa shape index (κ1) is 23.9. The Morgan fingerprint density at radius 2 is 1.66 bits per heavy atom. The van der Waals surface area contributed by atoms with Crippen molar-refractivity contribution >= 4 is 21.7 Å². The van der Waals surface area contributed by atoms with Crippen LogP contribution in [0.5, 0.6) is 5.75 Å². The number of rotatable bonds is 10. The molecule has 3 rings (SSSR count). The highest BCUT2D eigenvalue weighted by molar-refractivity contribution is 7.89. The van der Waals surface area contributed by atoms with Gasteiger partial charge in [-0.25, -0.2) is 8.42 Å². The second kappa shape index (κ2) is 11.2. The van der Waals surface area contributed by atoms with Crippen molar-refractivity contribution in [3.8, 4) is 5.75 Å². The molecule has 0 unspecified atom stereocenters. The van der Waals surface area contributed by atoms with E-state index in [1.165, 1.54) is 4.31 Å². The van der Waals surface area contributed by atoms with Gasteiger partial charge in [0.25, 0.3) is 0 Å². The first-order chi connectivity index (χ1) is 15.4. The van der Waals surface area contributed by atoms with Crippen molar-refractivity contribution in [2.24, 2.45) is 0 Å². The Kier molecular flexibility index (Phi) is 8.41. The first-order valence-corrected chi connectivity index (χ1v) is 12.5. The summed E-state index contributed by atoms with van der Waals surface area (Å²) in [5.41, 5.74) is 1.07. The molecule has 8 heteroatoms. The summed E-state index contributed by atoms with van der Waals surface area (Å²) in [5, 5.41) is 2.75. The van der Waals surface area contributed by atoms with E-state index < -0.39 is 10.0 Å². The summed E-state index contributed by atoms with van der Waals surface area (Å²) >= 11 is 0. The lowest BCUT2D eigenvalue weighted by atomic mass is 10.1. The minimum absolute atomic E-state index is 0.0348. The lowest BCUT2D eigenvalue weighted by molar-refractivity contribution is -0.121. The smallest absolute Gasteiger partial charge is 0.243 e. The van der Waals surface area contributed by atoms with Crippen LogP contribution >= 0.6 is 0 Å². The zero-order valence-corrected chi connectivity index (χ0v) is 19.2. The number of carbonyl (C=O) groups excluding carboxylic acids is 2. The van der Waals surface area contributed by atoms with Gasteiger partial charge < -0.3 is 10.1 Å². The average Bonchev–Trinajstić information content (AvgIpc) is 2.82. The fourth-order valence-corrected chi connectivity index (χ4v) is 5.44. The van der Waals surface area contributed by atoms with E-state index in [4.69, 9.17) is 4.74 Å². The van der Waals surface area contributed by atoms with Crippen molar-refractivity contribution in [1.82, 2.24) is 9.62 Å². The normalized spacial score (nSPS) is 14.7. The Labute approximate surface area is 189 Å². The van der Waals surface area contributed by atoms with Crippen LogP contribution in [0.15, 0.2) is 53.4 Å². The van der Waals surface area contributed by atoms with Gasteiger partial charge in [0, 0.05) is 38.0 Å². The number of hydrogen-bond donors (Lipinski definition) is 1. The molecule has 0 spiro atoms. The number of Topliss-reactive ketones (excluding diaryl/α,β-unsaturated/α-hetero) is 1. The fraction of sp³-hybridized carbons (Fsp3) is 0.417. The van der Waals surface area contributed by atoms with Crippen molar-refractivity contribution in [1.29, 1.82) is 0 Å². The molecule has 0 saturated carbocycles. The number of carbonyl (C=O) groups is 2. The highest BCUT2D eigenvalue weighted by atomic mass is 32.2. The summed E-state index contributed by atoms with van der Waals surface area (Å²) in [5.74, 6) is 0.269. The van der Waals surface area contributed by atoms with Crippen LogP contribution in [0.25, 0.3) is 0 Å². The second-order valence-corrected chi connectivity index (χ2v) is 9.64. The fourth-order valence-electron chi connectivity index (χ4n) is 3.70. The van der Waals surface area contributed by atoms with Gasteiger partial charge in [0.15, 0.2) is 5.78 Å². The molecule has 0 atom stereocenters. The highest BCUT2D eigenvalue weighted by Gasteiger charge is 2.27. The van der Waals surface area contributed by atoms with Crippen LogP contribution in [0.3, 0.4) is 0 Å². The van der Waals surface area contributed by atoms with Crippen LogP contribution in [0, 0.1) is 0 Å². The number of piperidine rings is 1. The number of benzene rings is 2. The molecule has 1 N–H and O–H groups in total. The summed E-state index contributed by atoms with van der Waals surface area (Å²) in [4.78, 5) is 24.9. The number of nitrogens with one attached hydrogen (secondary N) is 1. The van der Waals surface area contributed by atoms with Crippen LogP contribution in [0.2, 0.25) is 0 Å². The van der Waals surface area contributed by atoms with E-state index in [0.717, 1.165) is 19.3 Å². The largest absolute Gasteiger partial charge is 0.494 e. The molecule has 1 aliphatic heterocycles. The number of hydrogen-bond acceptors (Lipinski definition) is 5. The molecule has 172 valence electrons. The van der Waals surface area contributed by atoms with Crippen molar-refractivity contribution in [3.63, 3.8) is 0 Å². The quantitative estimate of drug-likeness (QED) is 0.550. The molecular weight excluding hydrogens is 428 g/mol. The first-order valence-electron chi connectivity index (χ1n) is 11.0. The number of nitrogens with zero attached hydrogens (tertiary/aromatic N) is 1. The van der Waals surface area contributed by atoms with E-state index in [2.05, 4.69) is 5.32 Å². The van der Waals surface area contributed by atoms with Crippen LogP contribution in [-0.2, 0) is 21.4 Å². The number of sulfonamides is 1. The maximum atomic E-state index is 13.0. The summed E-state index contributed by atoms with van der Waals surface area (Å²) in [6.07, 6.45) is 2.88. The molecule has 1 saturated heterocycles. The molecule has 0 aliphatic carbocycles. The summed E-state index contributed by atoms with van der Waals surface area (Å²) in [6.45, 7) is 3.59. The number of amides is 1. The SMILES string of the molecule is CCOc1ccc(C(=O)CCC(=O)NCc2ccccc2S(=O)(=O)N2CCCCC2)cc1. The molecule has 0 aromatic heterocycles. The molecule has 7 nitrogen and oxygen atoms in total. The standard InChI is InChI=1S/C24H30N2O5S/c1-2-31-21-12-10-19(11-13-21)22(27)14-15-24(28)25-18-20-8-4-5-9-23(20)32(29,30)26-16-6-3-7-17-26/h4-5,8-13H,2-3,6-7,14-18H2,1H3,(H,25,28). The number of ketones is 1. The molecule has 1 fully saturated rings. The van der Waals surface area contributed by atoms with E-state index in [1.807, 2.05) is 6.92 Å². The average molecular weight is 459 g/mol. The maximum absolute atomic E-state index is 13.0. The van der Waals surface area contributed by atoms with Gasteiger partial charge in [0.2, 0.25) is 15.9 Å². The van der Waals surface area contributed by atoms with Gasteiger partial charge in [-0.3, -0.25) is 9.59 Å². The van der Waals surface area contributed by atoms with Gasteiger partial charge in [-0.05, 0) is 55.7 Å². The van der Waals surface area contributed by atoms with Crippen LogP contribution in [0.4, 0.5) is 0 Å². The molecule has 32 heavy (non-hydrogen) atoms. The van der Waals surface area contributed by atoms with Gasteiger partial charge in [-0.1, -0.05) is 24.6 Å². The van der Waals surface area contributed by atoms with E-state index in [-0.39, 0.29) is 36.0 Å². The minimum Gasteiger partial charge on any atom is -0.494 e. The third kappa shape index (κ3) is 6.17. The Morgan fingerprint density at radius 1 is 0.969 bits per heavy atom.